The zero-order chi connectivity index (χ0) is 18.1. The number of benzene rings is 2. The van der Waals surface area contributed by atoms with Gasteiger partial charge in [-0.15, -0.1) is 0 Å². The number of anilines is 1. The van der Waals surface area contributed by atoms with Crippen LogP contribution < -0.4 is 10.2 Å². The third-order valence-electron chi connectivity index (χ3n) is 5.06. The summed E-state index contributed by atoms with van der Waals surface area (Å²) >= 11 is 0. The number of halogens is 1. The number of hydrogen-bond acceptors (Lipinski definition) is 2. The number of nitrogens with one attached hydrogen (secondary N) is 2. The molecule has 1 fully saturated rings. The Hall–Kier alpha value is -2.73. The standard InChI is InChI=1S/C20H21FN4O/c1-24-18-9-8-16(22-20(26)14-4-6-15(21)7-5-14)12-17(18)23-19(24)13-25-10-2-3-11-25/h4-9,12H,2-3,10-11,13H2,1H3,(H,22,26)/p+1. The molecule has 0 radical (unpaired) electrons. The lowest BCUT2D eigenvalue weighted by Gasteiger charge is -2.11. The van der Waals surface area contributed by atoms with E-state index in [0.717, 1.165) is 23.4 Å². The maximum Gasteiger partial charge on any atom is 0.255 e. The number of aromatic nitrogens is 2. The van der Waals surface area contributed by atoms with Gasteiger partial charge in [-0.25, -0.2) is 9.37 Å². The van der Waals surface area contributed by atoms with Gasteiger partial charge >= 0.3 is 0 Å². The van der Waals surface area contributed by atoms with E-state index in [0.29, 0.717) is 11.3 Å². The van der Waals surface area contributed by atoms with Gasteiger partial charge < -0.3 is 14.8 Å². The third-order valence-corrected chi connectivity index (χ3v) is 5.06. The highest BCUT2D eigenvalue weighted by Gasteiger charge is 2.19. The van der Waals surface area contributed by atoms with Crippen molar-refractivity contribution < 1.29 is 14.1 Å². The number of quaternary nitrogens is 1. The van der Waals surface area contributed by atoms with Crippen molar-refractivity contribution in [1.82, 2.24) is 9.55 Å². The fourth-order valence-electron chi connectivity index (χ4n) is 3.57. The first kappa shape index (κ1) is 16.7. The van der Waals surface area contributed by atoms with Crippen LogP contribution in [-0.2, 0) is 13.6 Å². The van der Waals surface area contributed by atoms with Crippen LogP contribution in [0.15, 0.2) is 42.5 Å². The van der Waals surface area contributed by atoms with Gasteiger partial charge in [-0.05, 0) is 42.5 Å². The highest BCUT2D eigenvalue weighted by atomic mass is 19.1. The number of carbonyl (C=O) groups is 1. The van der Waals surface area contributed by atoms with Crippen molar-refractivity contribution in [1.29, 1.82) is 0 Å². The van der Waals surface area contributed by atoms with Crippen LogP contribution in [0.4, 0.5) is 10.1 Å². The number of nitrogens with zero attached hydrogens (tertiary/aromatic N) is 2. The van der Waals surface area contributed by atoms with Crippen molar-refractivity contribution in [3.05, 3.63) is 59.7 Å². The van der Waals surface area contributed by atoms with Crippen molar-refractivity contribution in [2.75, 3.05) is 18.4 Å². The molecule has 5 nitrogen and oxygen atoms in total. The second kappa shape index (κ2) is 6.88. The van der Waals surface area contributed by atoms with E-state index in [1.807, 2.05) is 25.2 Å². The van der Waals surface area contributed by atoms with E-state index in [4.69, 9.17) is 4.98 Å². The molecule has 0 saturated carbocycles. The van der Waals surface area contributed by atoms with Gasteiger partial charge in [0.1, 0.15) is 12.4 Å². The summed E-state index contributed by atoms with van der Waals surface area (Å²) in [6.45, 7) is 3.35. The van der Waals surface area contributed by atoms with Crippen molar-refractivity contribution in [3.63, 3.8) is 0 Å². The summed E-state index contributed by atoms with van der Waals surface area (Å²) in [6, 6.07) is 11.2. The summed E-state index contributed by atoms with van der Waals surface area (Å²) in [4.78, 5) is 18.6. The number of fused-ring (bicyclic) bond motifs is 1. The summed E-state index contributed by atoms with van der Waals surface area (Å²) in [5.74, 6) is 0.449. The van der Waals surface area contributed by atoms with Crippen molar-refractivity contribution in [2.45, 2.75) is 19.4 Å². The molecule has 0 unspecified atom stereocenters. The SMILES string of the molecule is Cn1c(C[NH+]2CCCC2)nc2cc(NC(=O)c3ccc(F)cc3)ccc21. The number of carbonyl (C=O) groups excluding carboxylic acids is 1. The first-order chi connectivity index (χ1) is 12.6. The normalized spacial score (nSPS) is 14.8. The van der Waals surface area contributed by atoms with E-state index in [-0.39, 0.29) is 11.7 Å². The van der Waals surface area contributed by atoms with Crippen LogP contribution in [-0.4, -0.2) is 28.5 Å². The molecule has 1 aromatic heterocycles. The number of amides is 1. The van der Waals surface area contributed by atoms with Crippen LogP contribution in [0.5, 0.6) is 0 Å². The molecule has 1 aliphatic heterocycles. The van der Waals surface area contributed by atoms with E-state index in [1.54, 1.807) is 4.90 Å². The lowest BCUT2D eigenvalue weighted by molar-refractivity contribution is -0.902. The number of likely N-dealkylation sites (tertiary alicyclic amines) is 1. The van der Waals surface area contributed by atoms with Gasteiger partial charge in [-0.2, -0.15) is 0 Å². The average molecular weight is 353 g/mol. The summed E-state index contributed by atoms with van der Waals surface area (Å²) < 4.78 is 15.1. The molecule has 26 heavy (non-hydrogen) atoms. The van der Waals surface area contributed by atoms with E-state index in [2.05, 4.69) is 9.88 Å². The van der Waals surface area contributed by atoms with Gasteiger partial charge in [0.05, 0.1) is 24.1 Å². The molecule has 2 heterocycles. The molecule has 0 bridgehead atoms. The zero-order valence-electron chi connectivity index (χ0n) is 14.8. The predicted molar refractivity (Wildman–Crippen MR) is 98.7 cm³/mol. The Morgan fingerprint density at radius 3 is 2.65 bits per heavy atom. The Kier molecular flexibility index (Phi) is 4.42. The minimum Gasteiger partial charge on any atom is -0.329 e. The van der Waals surface area contributed by atoms with Gasteiger partial charge in [0.2, 0.25) is 0 Å². The molecule has 134 valence electrons. The van der Waals surface area contributed by atoms with E-state index in [1.165, 1.54) is 50.2 Å². The maximum atomic E-state index is 13.0. The first-order valence-electron chi connectivity index (χ1n) is 8.96. The van der Waals surface area contributed by atoms with Crippen molar-refractivity contribution in [3.8, 4) is 0 Å². The Morgan fingerprint density at radius 1 is 1.19 bits per heavy atom. The number of rotatable bonds is 4. The molecular formula is C20H22FN4O+. The fourth-order valence-corrected chi connectivity index (χ4v) is 3.57. The zero-order valence-corrected chi connectivity index (χ0v) is 14.8. The molecule has 3 aromatic rings. The lowest BCUT2D eigenvalue weighted by Crippen LogP contribution is -3.08. The predicted octanol–water partition coefficient (Wildman–Crippen LogP) is 2.14. The van der Waals surface area contributed by atoms with E-state index < -0.39 is 0 Å². The molecule has 1 aliphatic rings. The van der Waals surface area contributed by atoms with Crippen molar-refractivity contribution in [2.24, 2.45) is 7.05 Å². The van der Waals surface area contributed by atoms with Crippen LogP contribution in [0.25, 0.3) is 11.0 Å². The average Bonchev–Trinajstić information content (AvgIpc) is 3.24. The Morgan fingerprint density at radius 2 is 1.92 bits per heavy atom. The number of hydrogen-bond donors (Lipinski definition) is 2. The highest BCUT2D eigenvalue weighted by Crippen LogP contribution is 2.20. The molecule has 0 spiro atoms. The Balaban J connectivity index is 1.55. The number of aryl methyl sites for hydroxylation is 1. The van der Waals surface area contributed by atoms with Crippen LogP contribution in [0.2, 0.25) is 0 Å². The quantitative estimate of drug-likeness (QED) is 0.755. The lowest BCUT2D eigenvalue weighted by atomic mass is 10.2. The molecule has 0 aliphatic carbocycles. The largest absolute Gasteiger partial charge is 0.329 e. The van der Waals surface area contributed by atoms with Gasteiger partial charge in [-0.1, -0.05) is 0 Å². The van der Waals surface area contributed by atoms with Gasteiger partial charge in [-0.3, -0.25) is 4.79 Å². The molecular weight excluding hydrogens is 331 g/mol. The summed E-state index contributed by atoms with van der Waals surface area (Å²) in [7, 11) is 2.04. The molecule has 1 saturated heterocycles. The van der Waals surface area contributed by atoms with Crippen LogP contribution in [0.3, 0.4) is 0 Å². The Labute approximate surface area is 151 Å². The second-order valence-corrected chi connectivity index (χ2v) is 6.89. The molecule has 2 aromatic carbocycles. The summed E-state index contributed by atoms with van der Waals surface area (Å²) in [6.07, 6.45) is 2.58. The van der Waals surface area contributed by atoms with Crippen LogP contribution in [0.1, 0.15) is 29.0 Å². The van der Waals surface area contributed by atoms with Crippen molar-refractivity contribution >= 4 is 22.6 Å². The summed E-state index contributed by atoms with van der Waals surface area (Å²) in [5, 5.41) is 2.86. The minimum absolute atomic E-state index is 0.262. The van der Waals surface area contributed by atoms with Crippen LogP contribution in [0, 0.1) is 5.82 Å². The van der Waals surface area contributed by atoms with Crippen LogP contribution >= 0.6 is 0 Å². The summed E-state index contributed by atoms with van der Waals surface area (Å²) in [5.41, 5.74) is 3.03. The van der Waals surface area contributed by atoms with Gasteiger partial charge in [0, 0.05) is 31.1 Å². The smallest absolute Gasteiger partial charge is 0.255 e. The first-order valence-corrected chi connectivity index (χ1v) is 8.96. The van der Waals surface area contributed by atoms with E-state index in [9.17, 15) is 9.18 Å². The highest BCUT2D eigenvalue weighted by molar-refractivity contribution is 6.04. The topological polar surface area (TPSA) is 51.4 Å². The molecule has 2 N–H and O–H groups in total. The second-order valence-electron chi connectivity index (χ2n) is 6.89. The minimum atomic E-state index is -0.357. The molecule has 0 atom stereocenters. The molecule has 6 heteroatoms. The maximum absolute atomic E-state index is 13.0. The van der Waals surface area contributed by atoms with E-state index >= 15 is 0 Å². The fraction of sp³-hybridized carbons (Fsp3) is 0.300. The monoisotopic (exact) mass is 353 g/mol. The number of imidazole rings is 1. The third kappa shape index (κ3) is 3.32. The molecule has 4 rings (SSSR count). The van der Waals surface area contributed by atoms with Gasteiger partial charge in [0.25, 0.3) is 5.91 Å². The Bertz CT molecular complexity index is 942. The van der Waals surface area contributed by atoms with Gasteiger partial charge in [0.15, 0.2) is 5.82 Å². The molecule has 1 amide bonds.